The molecule has 1 heterocycles. The summed E-state index contributed by atoms with van der Waals surface area (Å²) in [6, 6.07) is 10.0. The van der Waals surface area contributed by atoms with Gasteiger partial charge in [0.1, 0.15) is 5.41 Å². The first-order chi connectivity index (χ1) is 10.1. The number of amides is 1. The van der Waals surface area contributed by atoms with Gasteiger partial charge in [-0.3, -0.25) is 4.79 Å². The highest BCUT2D eigenvalue weighted by Crippen LogP contribution is 2.53. The van der Waals surface area contributed by atoms with Crippen LogP contribution in [0.3, 0.4) is 0 Å². The summed E-state index contributed by atoms with van der Waals surface area (Å²) in [6.45, 7) is 5.06. The monoisotopic (exact) mass is 289 g/mol. The summed E-state index contributed by atoms with van der Waals surface area (Å²) in [6.07, 6.45) is 2.71. The number of hydrogen-bond acceptors (Lipinski definition) is 3. The van der Waals surface area contributed by atoms with Crippen LogP contribution in [-0.4, -0.2) is 24.9 Å². The van der Waals surface area contributed by atoms with Gasteiger partial charge in [-0.25, -0.2) is 0 Å². The summed E-state index contributed by atoms with van der Waals surface area (Å²) >= 11 is 0. The average Bonchev–Trinajstić information content (AvgIpc) is 2.86. The van der Waals surface area contributed by atoms with Gasteiger partial charge in [0.05, 0.1) is 19.3 Å². The molecule has 0 radical (unpaired) electrons. The second-order valence-corrected chi connectivity index (χ2v) is 6.18. The van der Waals surface area contributed by atoms with E-state index < -0.39 is 11.2 Å². The van der Waals surface area contributed by atoms with Crippen molar-refractivity contribution in [2.24, 2.45) is 5.41 Å². The van der Waals surface area contributed by atoms with Crippen LogP contribution in [0.2, 0.25) is 0 Å². The van der Waals surface area contributed by atoms with E-state index in [1.165, 1.54) is 0 Å². The van der Waals surface area contributed by atoms with E-state index in [4.69, 9.17) is 9.47 Å². The molecule has 114 valence electrons. The minimum Gasteiger partial charge on any atom is -0.349 e. The molecule has 1 aliphatic carbocycles. The van der Waals surface area contributed by atoms with Crippen molar-refractivity contribution in [1.82, 2.24) is 5.32 Å². The Kier molecular flexibility index (Phi) is 3.76. The van der Waals surface area contributed by atoms with Crippen LogP contribution in [0.4, 0.5) is 0 Å². The Hall–Kier alpha value is -1.39. The van der Waals surface area contributed by atoms with Crippen molar-refractivity contribution in [3.8, 4) is 0 Å². The fraction of sp³-hybridized carbons (Fsp3) is 0.588. The second kappa shape index (κ2) is 5.43. The maximum Gasteiger partial charge on any atom is 0.232 e. The highest BCUT2D eigenvalue weighted by molar-refractivity contribution is 5.85. The lowest BCUT2D eigenvalue weighted by Gasteiger charge is -2.49. The van der Waals surface area contributed by atoms with Crippen molar-refractivity contribution >= 4 is 5.91 Å². The average molecular weight is 289 g/mol. The molecule has 1 saturated carbocycles. The minimum absolute atomic E-state index is 0.0128. The Morgan fingerprint density at radius 3 is 2.33 bits per heavy atom. The zero-order valence-corrected chi connectivity index (χ0v) is 12.7. The molecule has 0 bridgehead atoms. The highest BCUT2D eigenvalue weighted by Gasteiger charge is 2.61. The molecular weight excluding hydrogens is 266 g/mol. The Labute approximate surface area is 125 Å². The molecule has 1 amide bonds. The lowest BCUT2D eigenvalue weighted by atomic mass is 9.62. The number of nitrogens with one attached hydrogen (secondary N) is 1. The number of carbonyl (C=O) groups excluding carboxylic acids is 1. The summed E-state index contributed by atoms with van der Waals surface area (Å²) in [4.78, 5) is 12.9. The summed E-state index contributed by atoms with van der Waals surface area (Å²) in [5.41, 5.74) is 0.575. The van der Waals surface area contributed by atoms with E-state index in [9.17, 15) is 4.79 Å². The van der Waals surface area contributed by atoms with Crippen molar-refractivity contribution in [2.45, 2.75) is 44.9 Å². The fourth-order valence-electron chi connectivity index (χ4n) is 3.37. The lowest BCUT2D eigenvalue weighted by molar-refractivity contribution is -0.243. The molecule has 0 spiro atoms. The third-order valence-electron chi connectivity index (χ3n) is 5.00. The number of hydrogen-bond donors (Lipinski definition) is 1. The van der Waals surface area contributed by atoms with E-state index in [0.29, 0.717) is 13.2 Å². The van der Waals surface area contributed by atoms with Gasteiger partial charge in [-0.2, -0.15) is 0 Å². The molecule has 4 nitrogen and oxygen atoms in total. The van der Waals surface area contributed by atoms with Crippen LogP contribution >= 0.6 is 0 Å². The van der Waals surface area contributed by atoms with Gasteiger partial charge in [-0.1, -0.05) is 36.8 Å². The smallest absolute Gasteiger partial charge is 0.232 e. The van der Waals surface area contributed by atoms with Crippen LogP contribution in [0.15, 0.2) is 30.3 Å². The molecule has 0 aromatic heterocycles. The molecule has 1 aliphatic heterocycles. The summed E-state index contributed by atoms with van der Waals surface area (Å²) in [5.74, 6) is -0.722. The largest absolute Gasteiger partial charge is 0.349 e. The molecule has 1 N–H and O–H groups in total. The van der Waals surface area contributed by atoms with Gasteiger partial charge in [-0.05, 0) is 32.3 Å². The first-order valence-electron chi connectivity index (χ1n) is 7.71. The molecule has 4 heteroatoms. The van der Waals surface area contributed by atoms with Crippen molar-refractivity contribution in [2.75, 3.05) is 13.2 Å². The highest BCUT2D eigenvalue weighted by atomic mass is 16.7. The molecule has 2 aliphatic rings. The second-order valence-electron chi connectivity index (χ2n) is 6.18. The van der Waals surface area contributed by atoms with E-state index in [-0.39, 0.29) is 11.9 Å². The number of carbonyl (C=O) groups is 1. The molecule has 3 rings (SSSR count). The standard InChI is InChI=1S/C17H23NO3/c1-13(14-7-4-3-5-8-14)18-15(19)17(9-6-10-17)16(2)20-11-12-21-16/h3-5,7-8,13H,6,9-12H2,1-2H3,(H,18,19)/t13-/m0/s1. The maximum absolute atomic E-state index is 12.9. The molecular formula is C17H23NO3. The Balaban J connectivity index is 1.74. The molecule has 1 aromatic rings. The normalized spacial score (nSPS) is 24.1. The molecule has 1 aromatic carbocycles. The fourth-order valence-corrected chi connectivity index (χ4v) is 3.37. The molecule has 2 fully saturated rings. The predicted octanol–water partition coefficient (Wildman–Crippen LogP) is 2.80. The van der Waals surface area contributed by atoms with Gasteiger partial charge < -0.3 is 14.8 Å². The van der Waals surface area contributed by atoms with E-state index in [2.05, 4.69) is 5.32 Å². The summed E-state index contributed by atoms with van der Waals surface area (Å²) in [7, 11) is 0. The molecule has 21 heavy (non-hydrogen) atoms. The van der Waals surface area contributed by atoms with Crippen LogP contribution in [0, 0.1) is 5.41 Å². The zero-order valence-electron chi connectivity index (χ0n) is 12.7. The zero-order chi connectivity index (χ0) is 14.9. The first kappa shape index (κ1) is 14.5. The quantitative estimate of drug-likeness (QED) is 0.927. The van der Waals surface area contributed by atoms with E-state index >= 15 is 0 Å². The van der Waals surface area contributed by atoms with Crippen LogP contribution in [0.25, 0.3) is 0 Å². The van der Waals surface area contributed by atoms with Crippen LogP contribution in [0.1, 0.15) is 44.7 Å². The van der Waals surface area contributed by atoms with E-state index in [0.717, 1.165) is 24.8 Å². The topological polar surface area (TPSA) is 47.6 Å². The summed E-state index contributed by atoms with van der Waals surface area (Å²) < 4.78 is 11.5. The number of benzene rings is 1. The Morgan fingerprint density at radius 1 is 1.19 bits per heavy atom. The molecule has 1 saturated heterocycles. The molecule has 0 unspecified atom stereocenters. The molecule has 1 atom stereocenters. The SMILES string of the molecule is C[C@H](NC(=O)C1(C2(C)OCCO2)CCC1)c1ccccc1. The first-order valence-corrected chi connectivity index (χ1v) is 7.71. The van der Waals surface area contributed by atoms with Gasteiger partial charge in [-0.15, -0.1) is 0 Å². The van der Waals surface area contributed by atoms with Gasteiger partial charge in [0.2, 0.25) is 5.91 Å². The van der Waals surface area contributed by atoms with Crippen LogP contribution in [0.5, 0.6) is 0 Å². The Morgan fingerprint density at radius 2 is 1.81 bits per heavy atom. The maximum atomic E-state index is 12.9. The van der Waals surface area contributed by atoms with Crippen molar-refractivity contribution in [3.05, 3.63) is 35.9 Å². The van der Waals surface area contributed by atoms with E-state index in [1.807, 2.05) is 44.2 Å². The number of ether oxygens (including phenoxy) is 2. The van der Waals surface area contributed by atoms with Crippen molar-refractivity contribution in [1.29, 1.82) is 0 Å². The minimum atomic E-state index is -0.772. The lowest BCUT2D eigenvalue weighted by Crippen LogP contribution is -2.60. The van der Waals surface area contributed by atoms with Crippen molar-refractivity contribution in [3.63, 3.8) is 0 Å². The van der Waals surface area contributed by atoms with E-state index in [1.54, 1.807) is 0 Å². The van der Waals surface area contributed by atoms with Crippen molar-refractivity contribution < 1.29 is 14.3 Å². The predicted molar refractivity (Wildman–Crippen MR) is 79.6 cm³/mol. The van der Waals surface area contributed by atoms with Crippen LogP contribution in [-0.2, 0) is 14.3 Å². The van der Waals surface area contributed by atoms with Gasteiger partial charge >= 0.3 is 0 Å². The Bertz CT molecular complexity index is 504. The summed E-state index contributed by atoms with van der Waals surface area (Å²) in [5, 5.41) is 3.14. The van der Waals surface area contributed by atoms with Gasteiger partial charge in [0.25, 0.3) is 0 Å². The van der Waals surface area contributed by atoms with Gasteiger partial charge in [0.15, 0.2) is 5.79 Å². The third-order valence-corrected chi connectivity index (χ3v) is 5.00. The van der Waals surface area contributed by atoms with Crippen LogP contribution < -0.4 is 5.32 Å². The number of rotatable bonds is 4. The third kappa shape index (κ3) is 2.36. The van der Waals surface area contributed by atoms with Gasteiger partial charge in [0, 0.05) is 0 Å².